The van der Waals surface area contributed by atoms with Gasteiger partial charge in [0, 0.05) is 12.1 Å². The van der Waals surface area contributed by atoms with E-state index in [9.17, 15) is 4.79 Å². The molecule has 17 heavy (non-hydrogen) atoms. The fourth-order valence-electron chi connectivity index (χ4n) is 1.34. The number of hydrogen-bond donors (Lipinski definition) is 2. The minimum Gasteiger partial charge on any atom is -0.393 e. The lowest BCUT2D eigenvalue weighted by Gasteiger charge is -2.07. The zero-order valence-corrected chi connectivity index (χ0v) is 11.1. The first-order valence-corrected chi connectivity index (χ1v) is 6.17. The van der Waals surface area contributed by atoms with Crippen LogP contribution in [0.25, 0.3) is 0 Å². The molecule has 1 aromatic rings. The van der Waals surface area contributed by atoms with Crippen LogP contribution in [0.3, 0.4) is 0 Å². The molecule has 0 spiro atoms. The third kappa shape index (κ3) is 4.94. The molecule has 0 fully saturated rings. The topological polar surface area (TPSA) is 49.3 Å². The molecule has 2 N–H and O–H groups in total. The van der Waals surface area contributed by atoms with Gasteiger partial charge >= 0.3 is 0 Å². The third-order valence-corrected chi connectivity index (χ3v) is 3.01. The van der Waals surface area contributed by atoms with E-state index in [0.29, 0.717) is 28.6 Å². The molecule has 0 radical (unpaired) electrons. The van der Waals surface area contributed by atoms with E-state index in [1.165, 1.54) is 6.07 Å². The van der Waals surface area contributed by atoms with Crippen LogP contribution < -0.4 is 5.32 Å². The lowest BCUT2D eigenvalue weighted by atomic mass is 10.2. The summed E-state index contributed by atoms with van der Waals surface area (Å²) in [7, 11) is 0. The van der Waals surface area contributed by atoms with Crippen LogP contribution in [0, 0.1) is 0 Å². The molecule has 1 amide bonds. The monoisotopic (exact) mass is 275 g/mol. The second-order valence-corrected chi connectivity index (χ2v) is 4.69. The maximum Gasteiger partial charge on any atom is 0.251 e. The maximum absolute atomic E-state index is 11.7. The van der Waals surface area contributed by atoms with E-state index in [4.69, 9.17) is 28.3 Å². The van der Waals surface area contributed by atoms with E-state index in [-0.39, 0.29) is 12.0 Å². The van der Waals surface area contributed by atoms with Crippen molar-refractivity contribution in [3.8, 4) is 0 Å². The molecule has 0 aliphatic heterocycles. The van der Waals surface area contributed by atoms with Crippen molar-refractivity contribution in [2.24, 2.45) is 0 Å². The number of halogens is 2. The van der Waals surface area contributed by atoms with E-state index in [0.717, 1.165) is 6.42 Å². The molecular weight excluding hydrogens is 261 g/mol. The summed E-state index contributed by atoms with van der Waals surface area (Å²) >= 11 is 11.6. The van der Waals surface area contributed by atoms with E-state index in [2.05, 4.69) is 5.32 Å². The number of amides is 1. The molecular formula is C12H15Cl2NO2. The van der Waals surface area contributed by atoms with Crippen molar-refractivity contribution in [1.29, 1.82) is 0 Å². The minimum atomic E-state index is -0.336. The largest absolute Gasteiger partial charge is 0.393 e. The minimum absolute atomic E-state index is 0.186. The van der Waals surface area contributed by atoms with Crippen molar-refractivity contribution >= 4 is 29.1 Å². The first kappa shape index (κ1) is 14.3. The van der Waals surface area contributed by atoms with Gasteiger partial charge in [0.2, 0.25) is 0 Å². The number of nitrogens with one attached hydrogen (secondary N) is 1. The summed E-state index contributed by atoms with van der Waals surface area (Å²) in [5.74, 6) is -0.186. The van der Waals surface area contributed by atoms with Gasteiger partial charge in [0.05, 0.1) is 16.1 Å². The van der Waals surface area contributed by atoms with Crippen molar-refractivity contribution in [3.63, 3.8) is 0 Å². The molecule has 0 aliphatic rings. The van der Waals surface area contributed by atoms with Crippen LogP contribution in [-0.4, -0.2) is 23.7 Å². The molecule has 94 valence electrons. The average molecular weight is 276 g/mol. The number of carbonyl (C=O) groups excluding carboxylic acids is 1. The number of aliphatic hydroxyl groups excluding tert-OH is 1. The molecule has 0 aliphatic carbocycles. The van der Waals surface area contributed by atoms with Crippen LogP contribution in [0.2, 0.25) is 10.0 Å². The Morgan fingerprint density at radius 1 is 1.41 bits per heavy atom. The van der Waals surface area contributed by atoms with Gasteiger partial charge in [-0.1, -0.05) is 23.2 Å². The quantitative estimate of drug-likeness (QED) is 0.812. The molecule has 3 nitrogen and oxygen atoms in total. The van der Waals surface area contributed by atoms with Gasteiger partial charge in [-0.3, -0.25) is 4.79 Å². The van der Waals surface area contributed by atoms with Crippen LogP contribution in [0.4, 0.5) is 0 Å². The maximum atomic E-state index is 11.7. The Hall–Kier alpha value is -0.770. The summed E-state index contributed by atoms with van der Waals surface area (Å²) in [5.41, 5.74) is 0.483. The van der Waals surface area contributed by atoms with Crippen LogP contribution in [0.15, 0.2) is 18.2 Å². The van der Waals surface area contributed by atoms with Crippen LogP contribution in [0.1, 0.15) is 30.1 Å². The van der Waals surface area contributed by atoms with Crippen molar-refractivity contribution in [2.45, 2.75) is 25.9 Å². The van der Waals surface area contributed by atoms with Crippen LogP contribution >= 0.6 is 23.2 Å². The summed E-state index contributed by atoms with van der Waals surface area (Å²) < 4.78 is 0. The summed E-state index contributed by atoms with van der Waals surface area (Å²) in [6.45, 7) is 2.25. The van der Waals surface area contributed by atoms with E-state index < -0.39 is 0 Å². The highest BCUT2D eigenvalue weighted by Gasteiger charge is 2.07. The smallest absolute Gasteiger partial charge is 0.251 e. The second-order valence-electron chi connectivity index (χ2n) is 3.88. The zero-order valence-electron chi connectivity index (χ0n) is 9.54. The molecule has 0 saturated carbocycles. The standard InChI is InChI=1S/C12H15Cl2NO2/c1-8(16)3-2-6-15-12(17)9-4-5-10(13)11(14)7-9/h4-5,7-8,16H,2-3,6H2,1H3,(H,15,17). The van der Waals surface area contributed by atoms with Crippen LogP contribution in [0.5, 0.6) is 0 Å². The Labute approximate surface area is 111 Å². The highest BCUT2D eigenvalue weighted by Crippen LogP contribution is 2.22. The first-order chi connectivity index (χ1) is 8.00. The van der Waals surface area contributed by atoms with Gasteiger partial charge in [0.1, 0.15) is 0 Å². The fraction of sp³-hybridized carbons (Fsp3) is 0.417. The zero-order chi connectivity index (χ0) is 12.8. The molecule has 0 heterocycles. The highest BCUT2D eigenvalue weighted by atomic mass is 35.5. The number of aliphatic hydroxyl groups is 1. The Morgan fingerprint density at radius 3 is 2.71 bits per heavy atom. The summed E-state index contributed by atoms with van der Waals surface area (Å²) in [5, 5.41) is 12.6. The molecule has 0 aromatic heterocycles. The summed E-state index contributed by atoms with van der Waals surface area (Å²) in [6, 6.07) is 4.75. The molecule has 0 bridgehead atoms. The van der Waals surface area contributed by atoms with Crippen molar-refractivity contribution < 1.29 is 9.90 Å². The normalized spacial score (nSPS) is 12.2. The molecule has 5 heteroatoms. The molecule has 1 unspecified atom stereocenters. The van der Waals surface area contributed by atoms with Gasteiger partial charge in [0.15, 0.2) is 0 Å². The Balaban J connectivity index is 2.44. The van der Waals surface area contributed by atoms with Gasteiger partial charge in [-0.05, 0) is 38.0 Å². The summed E-state index contributed by atoms with van der Waals surface area (Å²) in [6.07, 6.45) is 1.07. The molecule has 1 rings (SSSR count). The number of rotatable bonds is 5. The number of carbonyl (C=O) groups is 1. The van der Waals surface area contributed by atoms with Crippen molar-refractivity contribution in [3.05, 3.63) is 33.8 Å². The highest BCUT2D eigenvalue weighted by molar-refractivity contribution is 6.42. The predicted octanol–water partition coefficient (Wildman–Crippen LogP) is 2.88. The van der Waals surface area contributed by atoms with Gasteiger partial charge in [0.25, 0.3) is 5.91 Å². The molecule has 0 saturated heterocycles. The third-order valence-electron chi connectivity index (χ3n) is 2.27. The Kier molecular flexibility index (Phi) is 5.75. The number of hydrogen-bond acceptors (Lipinski definition) is 2. The van der Waals surface area contributed by atoms with Crippen LogP contribution in [-0.2, 0) is 0 Å². The SMILES string of the molecule is CC(O)CCCNC(=O)c1ccc(Cl)c(Cl)c1. The average Bonchev–Trinajstić information content (AvgIpc) is 2.27. The Bertz CT molecular complexity index is 394. The van der Waals surface area contributed by atoms with Crippen molar-refractivity contribution in [2.75, 3.05) is 6.54 Å². The fourth-order valence-corrected chi connectivity index (χ4v) is 1.64. The van der Waals surface area contributed by atoms with E-state index >= 15 is 0 Å². The predicted molar refractivity (Wildman–Crippen MR) is 69.7 cm³/mol. The van der Waals surface area contributed by atoms with E-state index in [1.807, 2.05) is 0 Å². The van der Waals surface area contributed by atoms with E-state index in [1.54, 1.807) is 19.1 Å². The first-order valence-electron chi connectivity index (χ1n) is 5.42. The van der Waals surface area contributed by atoms with Gasteiger partial charge in [-0.15, -0.1) is 0 Å². The lowest BCUT2D eigenvalue weighted by molar-refractivity contribution is 0.0949. The Morgan fingerprint density at radius 2 is 2.12 bits per heavy atom. The lowest BCUT2D eigenvalue weighted by Crippen LogP contribution is -2.25. The second kappa shape index (κ2) is 6.84. The van der Waals surface area contributed by atoms with Crippen molar-refractivity contribution in [1.82, 2.24) is 5.32 Å². The molecule has 1 atom stereocenters. The van der Waals surface area contributed by atoms with Gasteiger partial charge in [-0.25, -0.2) is 0 Å². The summed E-state index contributed by atoms with van der Waals surface area (Å²) in [4.78, 5) is 11.7. The van der Waals surface area contributed by atoms with Gasteiger partial charge < -0.3 is 10.4 Å². The number of benzene rings is 1. The molecule has 1 aromatic carbocycles. The van der Waals surface area contributed by atoms with Gasteiger partial charge in [-0.2, -0.15) is 0 Å².